The van der Waals surface area contributed by atoms with Gasteiger partial charge in [-0.3, -0.25) is 0 Å². The van der Waals surface area contributed by atoms with Crippen molar-refractivity contribution in [1.29, 1.82) is 0 Å². The highest BCUT2D eigenvalue weighted by Crippen LogP contribution is 2.22. The fourth-order valence-corrected chi connectivity index (χ4v) is 2.71. The normalized spacial score (nSPS) is 15.6. The van der Waals surface area contributed by atoms with Gasteiger partial charge < -0.3 is 19.7 Å². The molecule has 0 spiro atoms. The summed E-state index contributed by atoms with van der Waals surface area (Å²) in [7, 11) is 1.30. The maximum atomic E-state index is 12.1. The lowest BCUT2D eigenvalue weighted by Gasteiger charge is -2.33. The number of hydrogen-bond acceptors (Lipinski definition) is 6. The molecule has 0 atom stereocenters. The maximum absolute atomic E-state index is 12.1. The Morgan fingerprint density at radius 3 is 2.52 bits per heavy atom. The molecular formula is C17H24ClN3O4. The number of piperidine rings is 1. The van der Waals surface area contributed by atoms with Crippen LogP contribution >= 0.6 is 11.6 Å². The van der Waals surface area contributed by atoms with E-state index in [4.69, 9.17) is 21.1 Å². The minimum atomic E-state index is -0.504. The van der Waals surface area contributed by atoms with Crippen molar-refractivity contribution < 1.29 is 19.1 Å². The molecule has 1 fully saturated rings. The zero-order chi connectivity index (χ0) is 18.6. The molecule has 25 heavy (non-hydrogen) atoms. The van der Waals surface area contributed by atoms with E-state index in [0.717, 1.165) is 12.8 Å². The van der Waals surface area contributed by atoms with Gasteiger partial charge in [0, 0.05) is 25.3 Å². The topological polar surface area (TPSA) is 80.8 Å². The molecule has 1 aliphatic heterocycles. The van der Waals surface area contributed by atoms with Crippen LogP contribution in [0, 0.1) is 0 Å². The lowest BCUT2D eigenvalue weighted by molar-refractivity contribution is 0.0210. The number of nitrogens with one attached hydrogen (secondary N) is 1. The Labute approximate surface area is 152 Å². The highest BCUT2D eigenvalue weighted by Gasteiger charge is 2.27. The third kappa shape index (κ3) is 5.49. The number of hydrogen-bond donors (Lipinski definition) is 1. The summed E-state index contributed by atoms with van der Waals surface area (Å²) in [5.41, 5.74) is -0.225. The number of methoxy groups -OCH3 is 1. The maximum Gasteiger partial charge on any atom is 0.410 e. The third-order valence-electron chi connectivity index (χ3n) is 3.76. The standard InChI is InChI=1S/C17H24ClN3O4/c1-17(2,3)25-16(23)21-7-5-11(6-8-21)20-14-9-12(15(22)24-4)13(18)10-19-14/h9-11H,5-8H2,1-4H3,(H,19,20). The minimum absolute atomic E-state index is 0.151. The summed E-state index contributed by atoms with van der Waals surface area (Å²) < 4.78 is 10.1. The molecule has 138 valence electrons. The van der Waals surface area contributed by atoms with Crippen molar-refractivity contribution in [2.45, 2.75) is 45.3 Å². The minimum Gasteiger partial charge on any atom is -0.465 e. The Bertz CT molecular complexity index is 637. The molecule has 0 aliphatic carbocycles. The number of aromatic nitrogens is 1. The molecular weight excluding hydrogens is 346 g/mol. The first kappa shape index (κ1) is 19.3. The molecule has 2 rings (SSSR count). The smallest absolute Gasteiger partial charge is 0.410 e. The van der Waals surface area contributed by atoms with Crippen molar-refractivity contribution in [1.82, 2.24) is 9.88 Å². The van der Waals surface area contributed by atoms with E-state index < -0.39 is 11.6 Å². The number of nitrogens with zero attached hydrogens (tertiary/aromatic N) is 2. The van der Waals surface area contributed by atoms with Crippen molar-refractivity contribution in [3.05, 3.63) is 22.8 Å². The molecule has 0 saturated carbocycles. The summed E-state index contributed by atoms with van der Waals surface area (Å²) in [4.78, 5) is 29.7. The van der Waals surface area contributed by atoms with Crippen LogP contribution in [0.4, 0.5) is 10.6 Å². The number of amides is 1. The van der Waals surface area contributed by atoms with Gasteiger partial charge in [0.2, 0.25) is 0 Å². The van der Waals surface area contributed by atoms with Crippen LogP contribution in [-0.2, 0) is 9.47 Å². The summed E-state index contributed by atoms with van der Waals surface area (Å²) in [6.07, 6.45) is 2.66. The number of rotatable bonds is 3. The van der Waals surface area contributed by atoms with Crippen LogP contribution in [-0.4, -0.2) is 53.8 Å². The van der Waals surface area contributed by atoms with Gasteiger partial charge in [-0.15, -0.1) is 0 Å². The molecule has 8 heteroatoms. The first-order valence-corrected chi connectivity index (χ1v) is 8.55. The quantitative estimate of drug-likeness (QED) is 0.823. The van der Waals surface area contributed by atoms with Crippen molar-refractivity contribution in [3.63, 3.8) is 0 Å². The Kier molecular flexibility index (Phi) is 6.11. The number of anilines is 1. The number of carbonyl (C=O) groups is 2. The Morgan fingerprint density at radius 1 is 1.32 bits per heavy atom. The van der Waals surface area contributed by atoms with E-state index >= 15 is 0 Å². The summed E-state index contributed by atoms with van der Waals surface area (Å²) in [6.45, 7) is 6.76. The average molecular weight is 370 g/mol. The molecule has 0 radical (unpaired) electrons. The second-order valence-corrected chi connectivity index (χ2v) is 7.33. The highest BCUT2D eigenvalue weighted by molar-refractivity contribution is 6.33. The van der Waals surface area contributed by atoms with E-state index in [-0.39, 0.29) is 22.7 Å². The van der Waals surface area contributed by atoms with E-state index in [1.165, 1.54) is 13.3 Å². The molecule has 1 aromatic heterocycles. The van der Waals surface area contributed by atoms with E-state index in [1.807, 2.05) is 20.8 Å². The first-order valence-electron chi connectivity index (χ1n) is 8.18. The third-order valence-corrected chi connectivity index (χ3v) is 4.06. The second kappa shape index (κ2) is 7.91. The van der Waals surface area contributed by atoms with Gasteiger partial charge in [0.15, 0.2) is 0 Å². The van der Waals surface area contributed by atoms with E-state index in [0.29, 0.717) is 18.9 Å². The molecule has 0 unspecified atom stereocenters. The molecule has 1 aromatic rings. The van der Waals surface area contributed by atoms with E-state index in [1.54, 1.807) is 11.0 Å². The monoisotopic (exact) mass is 369 g/mol. The highest BCUT2D eigenvalue weighted by atomic mass is 35.5. The number of pyridine rings is 1. The fraction of sp³-hybridized carbons (Fsp3) is 0.588. The summed E-state index contributed by atoms with van der Waals surface area (Å²) in [5, 5.41) is 3.53. The Balaban J connectivity index is 1.92. The van der Waals surface area contributed by atoms with Crippen molar-refractivity contribution in [2.75, 3.05) is 25.5 Å². The summed E-state index contributed by atoms with van der Waals surface area (Å²) in [6, 6.07) is 1.73. The zero-order valence-corrected chi connectivity index (χ0v) is 15.7. The zero-order valence-electron chi connectivity index (χ0n) is 15.0. The lowest BCUT2D eigenvalue weighted by atomic mass is 10.1. The Morgan fingerprint density at radius 2 is 1.96 bits per heavy atom. The van der Waals surface area contributed by atoms with Crippen LogP contribution in [0.2, 0.25) is 5.02 Å². The van der Waals surface area contributed by atoms with Crippen LogP contribution in [0.15, 0.2) is 12.3 Å². The molecule has 1 amide bonds. The predicted molar refractivity (Wildman–Crippen MR) is 95.0 cm³/mol. The van der Waals surface area contributed by atoms with Gasteiger partial charge in [-0.05, 0) is 39.7 Å². The van der Waals surface area contributed by atoms with Gasteiger partial charge in [-0.1, -0.05) is 11.6 Å². The van der Waals surface area contributed by atoms with Gasteiger partial charge in [0.25, 0.3) is 0 Å². The first-order chi connectivity index (χ1) is 11.7. The second-order valence-electron chi connectivity index (χ2n) is 6.93. The predicted octanol–water partition coefficient (Wildman–Crippen LogP) is 3.33. The van der Waals surface area contributed by atoms with Gasteiger partial charge in [-0.25, -0.2) is 14.6 Å². The van der Waals surface area contributed by atoms with Gasteiger partial charge >= 0.3 is 12.1 Å². The number of likely N-dealkylation sites (tertiary alicyclic amines) is 1. The molecule has 1 saturated heterocycles. The SMILES string of the molecule is COC(=O)c1cc(NC2CCN(C(=O)OC(C)(C)C)CC2)ncc1Cl. The fourth-order valence-electron chi connectivity index (χ4n) is 2.53. The number of halogens is 1. The summed E-state index contributed by atoms with van der Waals surface area (Å²) in [5.74, 6) is 0.0516. The van der Waals surface area contributed by atoms with E-state index in [2.05, 4.69) is 10.3 Å². The van der Waals surface area contributed by atoms with Gasteiger partial charge in [0.1, 0.15) is 11.4 Å². The molecule has 1 N–H and O–H groups in total. The van der Waals surface area contributed by atoms with Crippen LogP contribution < -0.4 is 5.32 Å². The van der Waals surface area contributed by atoms with Crippen molar-refractivity contribution in [3.8, 4) is 0 Å². The molecule has 1 aliphatic rings. The molecule has 0 aromatic carbocycles. The number of esters is 1. The van der Waals surface area contributed by atoms with Crippen LogP contribution in [0.1, 0.15) is 44.0 Å². The molecule has 7 nitrogen and oxygen atoms in total. The number of ether oxygens (including phenoxy) is 2. The largest absolute Gasteiger partial charge is 0.465 e. The Hall–Kier alpha value is -2.02. The van der Waals surface area contributed by atoms with Crippen molar-refractivity contribution >= 4 is 29.5 Å². The number of carbonyl (C=O) groups excluding carboxylic acids is 2. The van der Waals surface area contributed by atoms with Crippen LogP contribution in [0.3, 0.4) is 0 Å². The van der Waals surface area contributed by atoms with Gasteiger partial charge in [-0.2, -0.15) is 0 Å². The van der Waals surface area contributed by atoms with Crippen LogP contribution in [0.5, 0.6) is 0 Å². The van der Waals surface area contributed by atoms with Crippen molar-refractivity contribution in [2.24, 2.45) is 0 Å². The average Bonchev–Trinajstić information content (AvgIpc) is 2.55. The van der Waals surface area contributed by atoms with E-state index in [9.17, 15) is 9.59 Å². The van der Waals surface area contributed by atoms with Crippen LogP contribution in [0.25, 0.3) is 0 Å². The van der Waals surface area contributed by atoms with Gasteiger partial charge in [0.05, 0.1) is 17.7 Å². The molecule has 2 heterocycles. The molecule has 0 bridgehead atoms. The lowest BCUT2D eigenvalue weighted by Crippen LogP contribution is -2.44. The summed E-state index contributed by atoms with van der Waals surface area (Å²) >= 11 is 5.97.